The minimum absolute atomic E-state index is 0.276. The molecule has 1 aromatic heterocycles. The van der Waals surface area contributed by atoms with E-state index in [9.17, 15) is 9.18 Å². The summed E-state index contributed by atoms with van der Waals surface area (Å²) in [6.45, 7) is 0. The lowest BCUT2D eigenvalue weighted by molar-refractivity contribution is 0.112. The molecule has 16 heavy (non-hydrogen) atoms. The fourth-order valence-corrected chi connectivity index (χ4v) is 1.74. The summed E-state index contributed by atoms with van der Waals surface area (Å²) < 4.78 is 12.6. The number of carbonyl (C=O) groups is 1. The van der Waals surface area contributed by atoms with Crippen LogP contribution >= 0.6 is 11.8 Å². The fraction of sp³-hybridized carbons (Fsp3) is 0. The Hall–Kier alpha value is -1.75. The van der Waals surface area contributed by atoms with Crippen LogP contribution < -0.4 is 0 Å². The maximum Gasteiger partial charge on any atom is 0.192 e. The number of rotatable bonds is 3. The maximum absolute atomic E-state index is 12.6. The molecule has 0 amide bonds. The van der Waals surface area contributed by atoms with Crippen molar-refractivity contribution in [2.75, 3.05) is 0 Å². The normalized spacial score (nSPS) is 10.1. The molecule has 0 aliphatic heterocycles. The summed E-state index contributed by atoms with van der Waals surface area (Å²) in [6, 6.07) is 6.05. The zero-order valence-corrected chi connectivity index (χ0v) is 8.95. The van der Waals surface area contributed by atoms with Crippen LogP contribution in [0.15, 0.2) is 46.7 Å². The largest absolute Gasteiger partial charge is 0.298 e. The molecule has 0 saturated carbocycles. The molecular formula is C11H7FN2OS. The number of benzene rings is 1. The molecule has 2 rings (SSSR count). The van der Waals surface area contributed by atoms with Gasteiger partial charge in [0.25, 0.3) is 0 Å². The van der Waals surface area contributed by atoms with Gasteiger partial charge in [-0.25, -0.2) is 14.4 Å². The van der Waals surface area contributed by atoms with Crippen LogP contribution in [0.1, 0.15) is 10.4 Å². The van der Waals surface area contributed by atoms with Crippen molar-refractivity contribution in [2.45, 2.75) is 10.1 Å². The van der Waals surface area contributed by atoms with Crippen LogP contribution in [0, 0.1) is 5.82 Å². The minimum atomic E-state index is -0.276. The molecular weight excluding hydrogens is 227 g/mol. The van der Waals surface area contributed by atoms with Crippen LogP contribution in [0.25, 0.3) is 0 Å². The molecule has 0 spiro atoms. The van der Waals surface area contributed by atoms with Crippen molar-refractivity contribution >= 4 is 18.0 Å². The molecule has 0 bridgehead atoms. The van der Waals surface area contributed by atoms with Gasteiger partial charge in [-0.2, -0.15) is 0 Å². The molecule has 0 aliphatic rings. The number of hydrogen-bond donors (Lipinski definition) is 0. The van der Waals surface area contributed by atoms with Gasteiger partial charge in [0.05, 0.1) is 5.56 Å². The average molecular weight is 234 g/mol. The summed E-state index contributed by atoms with van der Waals surface area (Å²) in [7, 11) is 0. The zero-order chi connectivity index (χ0) is 11.4. The Morgan fingerprint density at radius 3 is 2.31 bits per heavy atom. The lowest BCUT2D eigenvalue weighted by Gasteiger charge is -1.99. The fourth-order valence-electron chi connectivity index (χ4n) is 1.05. The van der Waals surface area contributed by atoms with E-state index in [1.165, 1.54) is 36.3 Å². The highest BCUT2D eigenvalue weighted by atomic mass is 32.2. The van der Waals surface area contributed by atoms with E-state index >= 15 is 0 Å². The number of aromatic nitrogens is 2. The SMILES string of the molecule is O=Cc1cnc(Sc2ccc(F)cc2)nc1. The van der Waals surface area contributed by atoms with E-state index in [-0.39, 0.29) is 5.82 Å². The third-order valence-electron chi connectivity index (χ3n) is 1.81. The number of carbonyl (C=O) groups excluding carboxylic acids is 1. The molecule has 0 aliphatic carbocycles. The summed E-state index contributed by atoms with van der Waals surface area (Å²) in [4.78, 5) is 19.2. The van der Waals surface area contributed by atoms with Gasteiger partial charge in [0, 0.05) is 17.3 Å². The van der Waals surface area contributed by atoms with Crippen LogP contribution in [-0.2, 0) is 0 Å². The summed E-state index contributed by atoms with van der Waals surface area (Å²) in [6.07, 6.45) is 3.59. The highest BCUT2D eigenvalue weighted by Crippen LogP contribution is 2.23. The van der Waals surface area contributed by atoms with Crippen molar-refractivity contribution in [1.82, 2.24) is 9.97 Å². The van der Waals surface area contributed by atoms with Crippen molar-refractivity contribution in [3.05, 3.63) is 48.0 Å². The third-order valence-corrected chi connectivity index (χ3v) is 2.71. The monoisotopic (exact) mass is 234 g/mol. The Bertz CT molecular complexity index is 484. The number of hydrogen-bond acceptors (Lipinski definition) is 4. The Labute approximate surface area is 95.7 Å². The van der Waals surface area contributed by atoms with Gasteiger partial charge < -0.3 is 0 Å². The molecule has 0 radical (unpaired) electrons. The molecule has 0 unspecified atom stereocenters. The van der Waals surface area contributed by atoms with Gasteiger partial charge in [0.2, 0.25) is 0 Å². The van der Waals surface area contributed by atoms with Crippen molar-refractivity contribution in [2.24, 2.45) is 0 Å². The van der Waals surface area contributed by atoms with E-state index in [1.807, 2.05) is 0 Å². The topological polar surface area (TPSA) is 42.9 Å². The molecule has 80 valence electrons. The lowest BCUT2D eigenvalue weighted by Crippen LogP contribution is -1.89. The Balaban J connectivity index is 2.14. The molecule has 0 fully saturated rings. The van der Waals surface area contributed by atoms with Crippen molar-refractivity contribution in [3.63, 3.8) is 0 Å². The molecule has 0 saturated heterocycles. The smallest absolute Gasteiger partial charge is 0.192 e. The minimum Gasteiger partial charge on any atom is -0.298 e. The first-order valence-electron chi connectivity index (χ1n) is 4.48. The highest BCUT2D eigenvalue weighted by molar-refractivity contribution is 7.99. The first kappa shape index (κ1) is 10.8. The van der Waals surface area contributed by atoms with E-state index in [0.717, 1.165) is 4.90 Å². The van der Waals surface area contributed by atoms with E-state index in [0.29, 0.717) is 17.0 Å². The van der Waals surface area contributed by atoms with Gasteiger partial charge in [-0.15, -0.1) is 0 Å². The van der Waals surface area contributed by atoms with Crippen molar-refractivity contribution in [3.8, 4) is 0 Å². The van der Waals surface area contributed by atoms with Crippen LogP contribution in [0.3, 0.4) is 0 Å². The second kappa shape index (κ2) is 4.85. The van der Waals surface area contributed by atoms with Gasteiger partial charge in [0.1, 0.15) is 5.82 Å². The molecule has 0 atom stereocenters. The second-order valence-corrected chi connectivity index (χ2v) is 4.01. The molecule has 5 heteroatoms. The standard InChI is InChI=1S/C11H7FN2OS/c12-9-1-3-10(4-2-9)16-11-13-5-8(7-15)6-14-11/h1-7H. The summed E-state index contributed by atoms with van der Waals surface area (Å²) in [5.74, 6) is -0.276. The zero-order valence-electron chi connectivity index (χ0n) is 8.13. The average Bonchev–Trinajstić information content (AvgIpc) is 2.33. The van der Waals surface area contributed by atoms with Crippen LogP contribution in [0.5, 0.6) is 0 Å². The Morgan fingerprint density at radius 1 is 1.12 bits per heavy atom. The summed E-state index contributed by atoms with van der Waals surface area (Å²) >= 11 is 1.31. The van der Waals surface area contributed by atoms with Crippen LogP contribution in [0.2, 0.25) is 0 Å². The van der Waals surface area contributed by atoms with Gasteiger partial charge >= 0.3 is 0 Å². The quantitative estimate of drug-likeness (QED) is 0.604. The molecule has 1 heterocycles. The summed E-state index contributed by atoms with van der Waals surface area (Å²) in [5.41, 5.74) is 0.434. The van der Waals surface area contributed by atoms with Crippen LogP contribution in [-0.4, -0.2) is 16.3 Å². The molecule has 2 aromatic rings. The van der Waals surface area contributed by atoms with E-state index in [1.54, 1.807) is 12.1 Å². The first-order valence-corrected chi connectivity index (χ1v) is 5.30. The molecule has 1 aromatic carbocycles. The van der Waals surface area contributed by atoms with Crippen molar-refractivity contribution in [1.29, 1.82) is 0 Å². The second-order valence-electron chi connectivity index (χ2n) is 2.97. The predicted octanol–water partition coefficient (Wildman–Crippen LogP) is 2.58. The van der Waals surface area contributed by atoms with Crippen molar-refractivity contribution < 1.29 is 9.18 Å². The third kappa shape index (κ3) is 2.64. The number of aldehydes is 1. The molecule has 3 nitrogen and oxygen atoms in total. The summed E-state index contributed by atoms with van der Waals surface area (Å²) in [5, 5.41) is 0.525. The van der Waals surface area contributed by atoms with Gasteiger partial charge in [0.15, 0.2) is 11.4 Å². The number of nitrogens with zero attached hydrogens (tertiary/aromatic N) is 2. The molecule has 0 N–H and O–H groups in total. The maximum atomic E-state index is 12.6. The first-order chi connectivity index (χ1) is 7.78. The lowest BCUT2D eigenvalue weighted by atomic mass is 10.4. The number of halogens is 1. The van der Waals surface area contributed by atoms with E-state index in [2.05, 4.69) is 9.97 Å². The van der Waals surface area contributed by atoms with E-state index in [4.69, 9.17) is 0 Å². The van der Waals surface area contributed by atoms with Gasteiger partial charge in [-0.1, -0.05) is 0 Å². The van der Waals surface area contributed by atoms with Crippen LogP contribution in [0.4, 0.5) is 4.39 Å². The van der Waals surface area contributed by atoms with Gasteiger partial charge in [-0.05, 0) is 36.0 Å². The predicted molar refractivity (Wildman–Crippen MR) is 57.9 cm³/mol. The highest BCUT2D eigenvalue weighted by Gasteiger charge is 2.00. The van der Waals surface area contributed by atoms with E-state index < -0.39 is 0 Å². The Morgan fingerprint density at radius 2 is 1.75 bits per heavy atom. The van der Waals surface area contributed by atoms with Gasteiger partial charge in [-0.3, -0.25) is 4.79 Å². The Kier molecular flexibility index (Phi) is 3.26.